The Morgan fingerprint density at radius 2 is 2.03 bits per heavy atom. The third kappa shape index (κ3) is 4.54. The molecule has 0 spiro atoms. The maximum atomic E-state index is 13.1. The van der Waals surface area contributed by atoms with Crippen LogP contribution in [0.2, 0.25) is 5.02 Å². The fraction of sp³-hybridized carbons (Fsp3) is 0.0526. The Hall–Kier alpha value is -4.32. The summed E-state index contributed by atoms with van der Waals surface area (Å²) in [6.45, 7) is -0.179. The molecule has 0 unspecified atom stereocenters. The topological polar surface area (TPSA) is 146 Å². The maximum absolute atomic E-state index is 13.1. The number of rotatable bonds is 7. The predicted molar refractivity (Wildman–Crippen MR) is 111 cm³/mol. The zero-order chi connectivity index (χ0) is 22.5. The monoisotopic (exact) mass is 456 g/mol. The van der Waals surface area contributed by atoms with Crippen molar-refractivity contribution in [3.63, 3.8) is 0 Å². The molecule has 4 aromatic rings. The largest absolute Gasteiger partial charge is 0.487 e. The first-order chi connectivity index (χ1) is 15.5. The second kappa shape index (κ2) is 9.22. The summed E-state index contributed by atoms with van der Waals surface area (Å²) in [5.41, 5.74) is 8.78. The van der Waals surface area contributed by atoms with Gasteiger partial charge in [-0.15, -0.1) is 5.10 Å². The van der Waals surface area contributed by atoms with Gasteiger partial charge < -0.3 is 10.5 Å². The van der Waals surface area contributed by atoms with Crippen LogP contribution in [0.3, 0.4) is 0 Å². The molecule has 2 aromatic heterocycles. The van der Waals surface area contributed by atoms with Crippen LogP contribution in [-0.2, 0) is 6.61 Å². The molecular formula is C19H14ClFN8O3. The van der Waals surface area contributed by atoms with Crippen LogP contribution in [0.15, 0.2) is 58.3 Å². The number of benzene rings is 2. The second-order valence-electron chi connectivity index (χ2n) is 6.23. The van der Waals surface area contributed by atoms with Gasteiger partial charge in [0.1, 0.15) is 23.9 Å². The van der Waals surface area contributed by atoms with E-state index >= 15 is 0 Å². The van der Waals surface area contributed by atoms with E-state index in [1.807, 2.05) is 0 Å². The molecule has 0 radical (unpaired) electrons. The molecule has 4 rings (SSSR count). The number of anilines is 1. The number of aromatic nitrogens is 5. The molecule has 162 valence electrons. The van der Waals surface area contributed by atoms with E-state index in [9.17, 15) is 9.18 Å². The highest BCUT2D eigenvalue weighted by molar-refractivity contribution is 6.33. The summed E-state index contributed by atoms with van der Waals surface area (Å²) < 4.78 is 24.5. The molecule has 0 aliphatic heterocycles. The summed E-state index contributed by atoms with van der Waals surface area (Å²) in [5.74, 6) is -0.779. The third-order valence-corrected chi connectivity index (χ3v) is 4.48. The lowest BCUT2D eigenvalue weighted by Crippen LogP contribution is -2.21. The summed E-state index contributed by atoms with van der Waals surface area (Å²) in [5, 5.41) is 19.3. The zero-order valence-corrected chi connectivity index (χ0v) is 16.9. The highest BCUT2D eigenvalue weighted by atomic mass is 35.5. The highest BCUT2D eigenvalue weighted by Crippen LogP contribution is 2.19. The van der Waals surface area contributed by atoms with Gasteiger partial charge in [-0.3, -0.25) is 4.79 Å². The molecule has 0 bridgehead atoms. The van der Waals surface area contributed by atoms with Gasteiger partial charge in [0.15, 0.2) is 5.69 Å². The van der Waals surface area contributed by atoms with Crippen LogP contribution >= 0.6 is 11.6 Å². The van der Waals surface area contributed by atoms with Crippen molar-refractivity contribution >= 4 is 29.5 Å². The van der Waals surface area contributed by atoms with Crippen molar-refractivity contribution in [3.05, 3.63) is 76.3 Å². The predicted octanol–water partition coefficient (Wildman–Crippen LogP) is 2.37. The molecule has 0 fully saturated rings. The standard InChI is InChI=1S/C19H14ClFN8O3/c20-14-4-2-1-3-11(14)9-23-25-19(30)16-15(10-31-13-7-5-12(21)6-8-13)29(28-24-16)18-17(22)26-32-27-18/h1-9H,10H2,(H2,22,26)(H,25,30). The molecule has 0 atom stereocenters. The Labute approximate surface area is 184 Å². The van der Waals surface area contributed by atoms with Crippen LogP contribution in [0.4, 0.5) is 10.2 Å². The molecular weight excluding hydrogens is 443 g/mol. The van der Waals surface area contributed by atoms with Crippen molar-refractivity contribution in [1.29, 1.82) is 0 Å². The molecule has 32 heavy (non-hydrogen) atoms. The molecule has 1 amide bonds. The van der Waals surface area contributed by atoms with Gasteiger partial charge in [0, 0.05) is 10.6 Å². The average Bonchev–Trinajstić information content (AvgIpc) is 3.40. The molecule has 2 aromatic carbocycles. The summed E-state index contributed by atoms with van der Waals surface area (Å²) >= 11 is 6.06. The van der Waals surface area contributed by atoms with Crippen LogP contribution < -0.4 is 15.9 Å². The summed E-state index contributed by atoms with van der Waals surface area (Å²) in [6, 6.07) is 12.3. The smallest absolute Gasteiger partial charge is 0.293 e. The maximum Gasteiger partial charge on any atom is 0.293 e. The first-order valence-electron chi connectivity index (χ1n) is 9.02. The Kier molecular flexibility index (Phi) is 6.03. The molecule has 13 heteroatoms. The van der Waals surface area contributed by atoms with Gasteiger partial charge in [-0.1, -0.05) is 35.0 Å². The van der Waals surface area contributed by atoms with Gasteiger partial charge in [0.2, 0.25) is 11.6 Å². The summed E-state index contributed by atoms with van der Waals surface area (Å²) in [7, 11) is 0. The van der Waals surface area contributed by atoms with Crippen molar-refractivity contribution in [2.75, 3.05) is 5.73 Å². The normalized spacial score (nSPS) is 11.1. The number of nitrogens with two attached hydrogens (primary N) is 1. The van der Waals surface area contributed by atoms with Crippen LogP contribution in [0.5, 0.6) is 5.75 Å². The van der Waals surface area contributed by atoms with Gasteiger partial charge >= 0.3 is 0 Å². The minimum absolute atomic E-state index is 0.0221. The first kappa shape index (κ1) is 20.9. The van der Waals surface area contributed by atoms with E-state index in [0.717, 1.165) is 4.68 Å². The van der Waals surface area contributed by atoms with Crippen LogP contribution in [0.25, 0.3) is 5.82 Å². The van der Waals surface area contributed by atoms with Gasteiger partial charge in [-0.2, -0.15) is 9.78 Å². The van der Waals surface area contributed by atoms with Crippen molar-refractivity contribution in [3.8, 4) is 11.6 Å². The quantitative estimate of drug-likeness (QED) is 0.318. The number of amides is 1. The highest BCUT2D eigenvalue weighted by Gasteiger charge is 2.24. The molecule has 2 heterocycles. The number of nitrogens with one attached hydrogen (secondary N) is 1. The molecule has 3 N–H and O–H groups in total. The van der Waals surface area contributed by atoms with Gasteiger partial charge in [0.25, 0.3) is 5.91 Å². The number of carbonyl (C=O) groups is 1. The van der Waals surface area contributed by atoms with Crippen molar-refractivity contribution in [2.24, 2.45) is 5.10 Å². The Morgan fingerprint density at radius 3 is 2.75 bits per heavy atom. The number of carbonyl (C=O) groups excluding carboxylic acids is 1. The Bertz CT molecular complexity index is 1270. The molecule has 0 saturated carbocycles. The third-order valence-electron chi connectivity index (χ3n) is 4.14. The number of halogens is 2. The molecule has 0 aliphatic carbocycles. The number of nitrogens with zero attached hydrogens (tertiary/aromatic N) is 6. The number of hydrazone groups is 1. The lowest BCUT2D eigenvalue weighted by molar-refractivity contribution is 0.0947. The van der Waals surface area contributed by atoms with Crippen LogP contribution in [-0.4, -0.2) is 37.4 Å². The van der Waals surface area contributed by atoms with E-state index in [0.29, 0.717) is 16.3 Å². The Balaban J connectivity index is 1.58. The second-order valence-corrected chi connectivity index (χ2v) is 6.64. The van der Waals surface area contributed by atoms with Crippen molar-refractivity contribution in [1.82, 2.24) is 30.7 Å². The minimum Gasteiger partial charge on any atom is -0.487 e. The van der Waals surface area contributed by atoms with Crippen molar-refractivity contribution in [2.45, 2.75) is 6.61 Å². The van der Waals surface area contributed by atoms with Crippen LogP contribution in [0, 0.1) is 5.82 Å². The molecule has 0 aliphatic rings. The molecule has 11 nitrogen and oxygen atoms in total. The van der Waals surface area contributed by atoms with Gasteiger partial charge in [0.05, 0.1) is 6.21 Å². The summed E-state index contributed by atoms with van der Waals surface area (Å²) in [6.07, 6.45) is 1.39. The Morgan fingerprint density at radius 1 is 1.25 bits per heavy atom. The number of hydrogen-bond acceptors (Lipinski definition) is 9. The fourth-order valence-electron chi connectivity index (χ4n) is 2.59. The number of nitrogen functional groups attached to an aromatic ring is 1. The van der Waals surface area contributed by atoms with Gasteiger partial charge in [-0.25, -0.2) is 14.4 Å². The van der Waals surface area contributed by atoms with E-state index in [2.05, 4.69) is 35.8 Å². The van der Waals surface area contributed by atoms with Crippen LogP contribution in [0.1, 0.15) is 21.7 Å². The number of hydrogen-bond donors (Lipinski definition) is 2. The van der Waals surface area contributed by atoms with E-state index in [1.54, 1.807) is 24.3 Å². The lowest BCUT2D eigenvalue weighted by atomic mass is 10.2. The summed E-state index contributed by atoms with van der Waals surface area (Å²) in [4.78, 5) is 12.7. The van der Waals surface area contributed by atoms with E-state index in [-0.39, 0.29) is 29.6 Å². The molecule has 0 saturated heterocycles. The minimum atomic E-state index is -0.674. The SMILES string of the molecule is Nc1nonc1-n1nnc(C(=O)NN=Cc2ccccc2Cl)c1COc1ccc(F)cc1. The van der Waals surface area contributed by atoms with Crippen molar-refractivity contribution < 1.29 is 18.6 Å². The fourth-order valence-corrected chi connectivity index (χ4v) is 2.78. The van der Waals surface area contributed by atoms with E-state index in [4.69, 9.17) is 22.1 Å². The first-order valence-corrected chi connectivity index (χ1v) is 9.40. The van der Waals surface area contributed by atoms with E-state index in [1.165, 1.54) is 30.5 Å². The lowest BCUT2D eigenvalue weighted by Gasteiger charge is -2.08. The van der Waals surface area contributed by atoms with Gasteiger partial charge in [-0.05, 0) is 40.6 Å². The number of ether oxygens (including phenoxy) is 1. The average molecular weight is 457 g/mol. The van der Waals surface area contributed by atoms with E-state index < -0.39 is 11.7 Å². The zero-order valence-electron chi connectivity index (χ0n) is 16.1.